The van der Waals surface area contributed by atoms with E-state index in [9.17, 15) is 5.11 Å². The smallest absolute Gasteiger partial charge is 0.0695 e. The van der Waals surface area contributed by atoms with Crippen molar-refractivity contribution in [3.63, 3.8) is 0 Å². The summed E-state index contributed by atoms with van der Waals surface area (Å²) in [6, 6.07) is 0. The molecule has 0 bridgehead atoms. The molecule has 1 spiro atoms. The molecule has 1 nitrogen and oxygen atoms in total. The summed E-state index contributed by atoms with van der Waals surface area (Å²) in [5, 5.41) is 9.29. The molecule has 14 heavy (non-hydrogen) atoms. The summed E-state index contributed by atoms with van der Waals surface area (Å²) < 4.78 is 0. The SMILES string of the molecule is CC(O)C=C1CCC2(CCCC2)CC1. The van der Waals surface area contributed by atoms with Crippen LogP contribution < -0.4 is 0 Å². The Kier molecular flexibility index (Phi) is 2.96. The van der Waals surface area contributed by atoms with E-state index in [0.717, 1.165) is 5.41 Å². The van der Waals surface area contributed by atoms with Crippen LogP contribution in [-0.4, -0.2) is 11.2 Å². The Hall–Kier alpha value is -0.300. The van der Waals surface area contributed by atoms with Crippen molar-refractivity contribution in [2.45, 2.75) is 64.4 Å². The number of allylic oxidation sites excluding steroid dienone is 1. The fourth-order valence-electron chi connectivity index (χ4n) is 3.23. The highest BCUT2D eigenvalue weighted by atomic mass is 16.3. The summed E-state index contributed by atoms with van der Waals surface area (Å²) >= 11 is 0. The largest absolute Gasteiger partial charge is 0.389 e. The highest BCUT2D eigenvalue weighted by Crippen LogP contribution is 2.50. The van der Waals surface area contributed by atoms with Gasteiger partial charge in [0, 0.05) is 0 Å². The van der Waals surface area contributed by atoms with Crippen LogP contribution in [0, 0.1) is 5.41 Å². The van der Waals surface area contributed by atoms with Crippen LogP contribution in [0.25, 0.3) is 0 Å². The lowest BCUT2D eigenvalue weighted by atomic mass is 9.71. The topological polar surface area (TPSA) is 20.2 Å². The quantitative estimate of drug-likeness (QED) is 0.634. The van der Waals surface area contributed by atoms with Crippen LogP contribution in [0.4, 0.5) is 0 Å². The van der Waals surface area contributed by atoms with Crippen molar-refractivity contribution in [2.24, 2.45) is 5.41 Å². The first-order valence-electron chi connectivity index (χ1n) is 6.08. The van der Waals surface area contributed by atoms with E-state index >= 15 is 0 Å². The average Bonchev–Trinajstić information content (AvgIpc) is 2.58. The van der Waals surface area contributed by atoms with Gasteiger partial charge < -0.3 is 5.11 Å². The molecule has 0 radical (unpaired) electrons. The van der Waals surface area contributed by atoms with Gasteiger partial charge in [0.1, 0.15) is 0 Å². The minimum atomic E-state index is -0.248. The summed E-state index contributed by atoms with van der Waals surface area (Å²) in [5.74, 6) is 0. The molecule has 1 atom stereocenters. The van der Waals surface area contributed by atoms with Crippen molar-refractivity contribution in [3.8, 4) is 0 Å². The van der Waals surface area contributed by atoms with Crippen LogP contribution >= 0.6 is 0 Å². The van der Waals surface area contributed by atoms with Gasteiger partial charge in [-0.25, -0.2) is 0 Å². The molecule has 2 rings (SSSR count). The molecule has 0 saturated heterocycles. The van der Waals surface area contributed by atoms with Crippen LogP contribution in [-0.2, 0) is 0 Å². The van der Waals surface area contributed by atoms with Crippen molar-refractivity contribution >= 4 is 0 Å². The zero-order valence-electron chi connectivity index (χ0n) is 9.26. The maximum atomic E-state index is 9.29. The van der Waals surface area contributed by atoms with Gasteiger partial charge in [-0.3, -0.25) is 0 Å². The Bertz CT molecular complexity index is 209. The second-order valence-corrected chi connectivity index (χ2v) is 5.27. The second kappa shape index (κ2) is 4.06. The van der Waals surface area contributed by atoms with Crippen molar-refractivity contribution in [1.29, 1.82) is 0 Å². The summed E-state index contributed by atoms with van der Waals surface area (Å²) in [6.45, 7) is 1.85. The van der Waals surface area contributed by atoms with Crippen LogP contribution in [0.1, 0.15) is 58.3 Å². The van der Waals surface area contributed by atoms with Crippen LogP contribution in [0.3, 0.4) is 0 Å². The molecular weight excluding hydrogens is 172 g/mol. The van der Waals surface area contributed by atoms with Gasteiger partial charge in [0.25, 0.3) is 0 Å². The van der Waals surface area contributed by atoms with Gasteiger partial charge in [0.15, 0.2) is 0 Å². The number of aliphatic hydroxyl groups excluding tert-OH is 1. The minimum absolute atomic E-state index is 0.248. The monoisotopic (exact) mass is 194 g/mol. The molecule has 0 aromatic heterocycles. The predicted molar refractivity (Wildman–Crippen MR) is 59.1 cm³/mol. The van der Waals surface area contributed by atoms with Crippen LogP contribution in [0.5, 0.6) is 0 Å². The lowest BCUT2D eigenvalue weighted by Crippen LogP contribution is -2.21. The fraction of sp³-hybridized carbons (Fsp3) is 0.846. The molecule has 1 heteroatoms. The van der Waals surface area contributed by atoms with Gasteiger partial charge in [0.2, 0.25) is 0 Å². The van der Waals surface area contributed by atoms with Gasteiger partial charge in [-0.05, 0) is 50.9 Å². The van der Waals surface area contributed by atoms with Crippen molar-refractivity contribution in [1.82, 2.24) is 0 Å². The normalized spacial score (nSPS) is 28.0. The Morgan fingerprint density at radius 3 is 2.21 bits per heavy atom. The summed E-state index contributed by atoms with van der Waals surface area (Å²) in [6.07, 6.45) is 12.9. The van der Waals surface area contributed by atoms with Gasteiger partial charge >= 0.3 is 0 Å². The molecule has 2 fully saturated rings. The van der Waals surface area contributed by atoms with Crippen molar-refractivity contribution in [2.75, 3.05) is 0 Å². The number of aliphatic hydroxyl groups is 1. The van der Waals surface area contributed by atoms with Crippen LogP contribution in [0.2, 0.25) is 0 Å². The Labute approximate surface area is 87.2 Å². The highest BCUT2D eigenvalue weighted by Gasteiger charge is 2.35. The Balaban J connectivity index is 1.91. The lowest BCUT2D eigenvalue weighted by Gasteiger charge is -2.34. The molecular formula is C13H22O. The van der Waals surface area contributed by atoms with E-state index in [2.05, 4.69) is 6.08 Å². The number of rotatable bonds is 1. The number of hydrogen-bond acceptors (Lipinski definition) is 1. The van der Waals surface area contributed by atoms with E-state index in [0.29, 0.717) is 0 Å². The first-order valence-corrected chi connectivity index (χ1v) is 6.08. The standard InChI is InChI=1S/C13H22O/c1-11(14)10-12-4-8-13(9-5-12)6-2-3-7-13/h10-11,14H,2-9H2,1H3. The maximum Gasteiger partial charge on any atom is 0.0695 e. The van der Waals surface area contributed by atoms with E-state index in [1.54, 1.807) is 0 Å². The summed E-state index contributed by atoms with van der Waals surface area (Å²) in [7, 11) is 0. The van der Waals surface area contributed by atoms with Gasteiger partial charge in [-0.1, -0.05) is 24.5 Å². The Morgan fingerprint density at radius 1 is 1.14 bits per heavy atom. The summed E-state index contributed by atoms with van der Waals surface area (Å²) in [5.41, 5.74) is 2.22. The third-order valence-electron chi connectivity index (χ3n) is 4.09. The molecule has 1 N–H and O–H groups in total. The predicted octanol–water partition coefficient (Wildman–Crippen LogP) is 3.43. The molecule has 2 aliphatic carbocycles. The molecule has 0 aliphatic heterocycles. The summed E-state index contributed by atoms with van der Waals surface area (Å²) in [4.78, 5) is 0. The zero-order valence-corrected chi connectivity index (χ0v) is 9.26. The van der Waals surface area contributed by atoms with E-state index in [1.807, 2.05) is 6.92 Å². The van der Waals surface area contributed by atoms with Crippen LogP contribution in [0.15, 0.2) is 11.6 Å². The van der Waals surface area contributed by atoms with E-state index in [1.165, 1.54) is 56.9 Å². The second-order valence-electron chi connectivity index (χ2n) is 5.27. The zero-order chi connectivity index (χ0) is 10.0. The first kappa shape index (κ1) is 10.2. The van der Waals surface area contributed by atoms with E-state index in [4.69, 9.17) is 0 Å². The van der Waals surface area contributed by atoms with E-state index in [-0.39, 0.29) is 6.10 Å². The molecule has 0 aromatic rings. The fourth-order valence-corrected chi connectivity index (χ4v) is 3.23. The number of hydrogen-bond donors (Lipinski definition) is 1. The van der Waals surface area contributed by atoms with Gasteiger partial charge in [0.05, 0.1) is 6.10 Å². The minimum Gasteiger partial charge on any atom is -0.389 e. The molecule has 0 heterocycles. The van der Waals surface area contributed by atoms with Crippen molar-refractivity contribution < 1.29 is 5.11 Å². The third kappa shape index (κ3) is 2.20. The van der Waals surface area contributed by atoms with Gasteiger partial charge in [-0.15, -0.1) is 0 Å². The van der Waals surface area contributed by atoms with Gasteiger partial charge in [-0.2, -0.15) is 0 Å². The Morgan fingerprint density at radius 2 is 1.71 bits per heavy atom. The molecule has 0 aromatic carbocycles. The molecule has 80 valence electrons. The van der Waals surface area contributed by atoms with E-state index < -0.39 is 0 Å². The first-order chi connectivity index (χ1) is 6.70. The average molecular weight is 194 g/mol. The molecule has 1 unspecified atom stereocenters. The molecule has 2 saturated carbocycles. The lowest BCUT2D eigenvalue weighted by molar-refractivity contribution is 0.216. The molecule has 0 amide bonds. The molecule has 2 aliphatic rings. The van der Waals surface area contributed by atoms with Crippen molar-refractivity contribution in [3.05, 3.63) is 11.6 Å². The maximum absolute atomic E-state index is 9.29. The third-order valence-corrected chi connectivity index (χ3v) is 4.09. The highest BCUT2D eigenvalue weighted by molar-refractivity contribution is 5.10.